The van der Waals surface area contributed by atoms with Crippen molar-refractivity contribution in [2.45, 2.75) is 0 Å². The number of carboxylic acids is 4. The van der Waals surface area contributed by atoms with Gasteiger partial charge in [-0.3, -0.25) is 10.8 Å². The second-order valence-electron chi connectivity index (χ2n) is 3.71. The van der Waals surface area contributed by atoms with E-state index in [9.17, 15) is 24.3 Å². The van der Waals surface area contributed by atoms with Crippen molar-refractivity contribution in [2.75, 3.05) is 0 Å². The number of nitrogens with zero attached hydrogens (tertiary/aromatic N) is 4. The molecule has 0 amide bonds. The normalized spacial score (nSPS) is 8.21. The quantitative estimate of drug-likeness (QED) is 0.186. The molecular formula is C12H14CeN6O9. The number of carbonyl (C=O) groups excluding carboxylic acids is 1. The van der Waals surface area contributed by atoms with E-state index in [1.807, 2.05) is 0 Å². The van der Waals surface area contributed by atoms with Crippen molar-refractivity contribution in [3.63, 3.8) is 0 Å². The van der Waals surface area contributed by atoms with Gasteiger partial charge in [-0.1, -0.05) is 0 Å². The van der Waals surface area contributed by atoms with Crippen LogP contribution in [0.3, 0.4) is 0 Å². The predicted octanol–water partition coefficient (Wildman–Crippen LogP) is -4.31. The molecule has 2 rings (SSSR count). The molecule has 10 N–H and O–H groups in total. The molecular weight excluding hydrogens is 512 g/mol. The molecule has 28 heavy (non-hydrogen) atoms. The molecule has 0 bridgehead atoms. The molecule has 2 aromatic rings. The summed E-state index contributed by atoms with van der Waals surface area (Å²) in [6.45, 7) is 0. The van der Waals surface area contributed by atoms with Gasteiger partial charge < -0.3 is 30.7 Å². The van der Waals surface area contributed by atoms with E-state index in [-0.39, 0.29) is 47.2 Å². The Balaban J connectivity index is -0.000000385. The molecule has 2 heterocycles. The number of aromatic nitrogens is 4. The van der Waals surface area contributed by atoms with E-state index in [0.29, 0.717) is 0 Å². The van der Waals surface area contributed by atoms with Crippen molar-refractivity contribution in [3.05, 3.63) is 47.6 Å². The molecule has 0 unspecified atom stereocenters. The Bertz CT molecular complexity index is 686. The minimum Gasteiger partial charge on any atom is -0.543 e. The van der Waals surface area contributed by atoms with Crippen LogP contribution in [-0.4, -0.2) is 64.6 Å². The van der Waals surface area contributed by atoms with Crippen LogP contribution in [0.4, 0.5) is 0 Å². The number of aromatic carboxylic acids is 4. The Hall–Kier alpha value is -2.70. The molecule has 2 aromatic heterocycles. The Kier molecular flexibility index (Phi) is 16.5. The third kappa shape index (κ3) is 9.30. The minimum atomic E-state index is -1.65. The number of rotatable bonds is 4. The zero-order valence-electron chi connectivity index (χ0n) is 13.8. The fourth-order valence-electron chi connectivity index (χ4n) is 1.29. The maximum absolute atomic E-state index is 10.4. The summed E-state index contributed by atoms with van der Waals surface area (Å²) in [7, 11) is 0. The van der Waals surface area contributed by atoms with Gasteiger partial charge >= 0.3 is 17.9 Å². The summed E-state index contributed by atoms with van der Waals surface area (Å²) in [6.07, 6.45) is 4.42. The van der Waals surface area contributed by atoms with Crippen LogP contribution >= 0.6 is 0 Å². The summed E-state index contributed by atoms with van der Waals surface area (Å²) >= 11 is 0. The van der Waals surface area contributed by atoms with E-state index >= 15 is 0 Å². The van der Waals surface area contributed by atoms with E-state index < -0.39 is 46.7 Å². The van der Waals surface area contributed by atoms with Crippen LogP contribution in [0.5, 0.6) is 0 Å². The number of carbonyl (C=O) groups is 4. The summed E-state index contributed by atoms with van der Waals surface area (Å²) in [6, 6.07) is 0. The van der Waals surface area contributed by atoms with Gasteiger partial charge in [0.05, 0.1) is 5.97 Å². The maximum atomic E-state index is 10.4. The Morgan fingerprint density at radius 3 is 1.11 bits per heavy atom. The molecule has 16 heteroatoms. The average molecular weight is 526 g/mol. The zero-order chi connectivity index (χ0) is 20.3. The number of quaternary nitrogens is 1. The van der Waals surface area contributed by atoms with Crippen LogP contribution < -0.4 is 16.8 Å². The van der Waals surface area contributed by atoms with Crippen LogP contribution in [-0.2, 0) is 0 Å². The molecule has 0 radical (unpaired) electrons. The molecule has 0 aliphatic heterocycles. The van der Waals surface area contributed by atoms with Gasteiger partial charge in [-0.25, -0.2) is 29.3 Å². The van der Waals surface area contributed by atoms with E-state index in [1.54, 1.807) is 0 Å². The molecule has 0 spiro atoms. The smallest absolute Gasteiger partial charge is 0.357 e. The molecule has 0 atom stereocenters. The monoisotopic (exact) mass is 526 g/mol. The maximum Gasteiger partial charge on any atom is 0.357 e. The zero-order valence-corrected chi connectivity index (χ0v) is 16.9. The Labute approximate surface area is 189 Å². The number of hydrogen-bond donors (Lipinski definition) is 5. The second-order valence-corrected chi connectivity index (χ2v) is 3.71. The van der Waals surface area contributed by atoms with Gasteiger partial charge in [0.1, 0.15) is 5.69 Å². The Morgan fingerprint density at radius 2 is 0.929 bits per heavy atom. The van der Waals surface area contributed by atoms with E-state index in [2.05, 4.69) is 31.6 Å². The van der Waals surface area contributed by atoms with E-state index in [1.165, 1.54) is 0 Å². The molecule has 0 saturated heterocycles. The summed E-state index contributed by atoms with van der Waals surface area (Å²) < 4.78 is 0. The number of hydrogen-bond acceptors (Lipinski definition) is 10. The largest absolute Gasteiger partial charge is 0.543 e. The molecule has 0 aliphatic carbocycles. The summed E-state index contributed by atoms with van der Waals surface area (Å²) in [4.78, 5) is 54.6. The first kappa shape index (κ1) is 30.0. The van der Waals surface area contributed by atoms with Crippen LogP contribution in [0.1, 0.15) is 42.0 Å². The fraction of sp³-hybridized carbons (Fsp3) is 0. The molecule has 0 fully saturated rings. The topological polar surface area (TPSA) is 289 Å². The molecule has 0 aromatic carbocycles. The average Bonchev–Trinajstić information content (AvgIpc) is 2.63. The second kappa shape index (κ2) is 15.4. The van der Waals surface area contributed by atoms with Gasteiger partial charge in [-0.15, -0.1) is 0 Å². The van der Waals surface area contributed by atoms with E-state index in [0.717, 1.165) is 24.8 Å². The Morgan fingerprint density at radius 1 is 0.714 bits per heavy atom. The third-order valence-corrected chi connectivity index (χ3v) is 2.20. The van der Waals surface area contributed by atoms with Gasteiger partial charge in [0.2, 0.25) is 0 Å². The van der Waals surface area contributed by atoms with Crippen molar-refractivity contribution in [1.82, 2.24) is 19.9 Å². The van der Waals surface area contributed by atoms with Crippen molar-refractivity contribution in [1.29, 1.82) is 0 Å². The predicted molar refractivity (Wildman–Crippen MR) is 80.0 cm³/mol. The SMILES string of the molecule is N[NH3+].O.O=C(O)c1nccnc1C(=O)O.O=C([O-])c1nccnc1C(=O)O.[Ce]. The summed E-state index contributed by atoms with van der Waals surface area (Å²) in [5, 5.41) is 35.6. The minimum absolute atomic E-state index is 0. The molecule has 0 aliphatic rings. The number of nitrogens with two attached hydrogens (primary N) is 1. The first-order valence-electron chi connectivity index (χ1n) is 6.19. The van der Waals surface area contributed by atoms with Crippen LogP contribution in [0.15, 0.2) is 24.8 Å². The van der Waals surface area contributed by atoms with Gasteiger partial charge in [0, 0.05) is 66.5 Å². The first-order valence-corrected chi connectivity index (χ1v) is 6.19. The number of carboxylic acid groups (broad SMARTS) is 4. The van der Waals surface area contributed by atoms with Crippen molar-refractivity contribution in [2.24, 2.45) is 5.84 Å². The summed E-state index contributed by atoms with van der Waals surface area (Å²) in [5.41, 5.74) is -2.38. The third-order valence-electron chi connectivity index (χ3n) is 2.20. The van der Waals surface area contributed by atoms with Gasteiger partial charge in [-0.2, -0.15) is 5.84 Å². The van der Waals surface area contributed by atoms with Gasteiger partial charge in [0.15, 0.2) is 17.1 Å². The first-order chi connectivity index (χ1) is 12.3. The molecule has 0 saturated carbocycles. The van der Waals surface area contributed by atoms with Crippen LogP contribution in [0, 0.1) is 41.7 Å². The molecule has 150 valence electrons. The summed E-state index contributed by atoms with van der Waals surface area (Å²) in [5.74, 6) is 1.10. The van der Waals surface area contributed by atoms with E-state index in [4.69, 9.17) is 15.3 Å². The van der Waals surface area contributed by atoms with Crippen molar-refractivity contribution in [3.8, 4) is 0 Å². The molecule has 15 nitrogen and oxygen atoms in total. The fourth-order valence-corrected chi connectivity index (χ4v) is 1.29. The van der Waals surface area contributed by atoms with Crippen LogP contribution in [0.2, 0.25) is 0 Å². The van der Waals surface area contributed by atoms with Gasteiger partial charge in [-0.05, 0) is 0 Å². The van der Waals surface area contributed by atoms with Crippen molar-refractivity contribution < 1.29 is 92.7 Å². The standard InChI is InChI=1S/2C6H4N2O4.Ce.H4N2.H2O/c2*9-5(10)3-4(6(11)12)8-2-1-7-3;;1-2;/h2*1-2H,(H,9,10)(H,11,12);;1-2H2;1H2. The van der Waals surface area contributed by atoms with Crippen LogP contribution in [0.25, 0.3) is 0 Å². The van der Waals surface area contributed by atoms with Gasteiger partial charge in [0.25, 0.3) is 0 Å². The van der Waals surface area contributed by atoms with Crippen molar-refractivity contribution >= 4 is 23.9 Å².